The van der Waals surface area contributed by atoms with Gasteiger partial charge >= 0.3 is 6.09 Å². The van der Waals surface area contributed by atoms with Crippen LogP contribution in [0.2, 0.25) is 0 Å². The van der Waals surface area contributed by atoms with E-state index in [4.69, 9.17) is 14.5 Å². The number of hydrogen-bond donors (Lipinski definition) is 2. The minimum absolute atomic E-state index is 0.226. The highest BCUT2D eigenvalue weighted by atomic mass is 16.6. The third-order valence-electron chi connectivity index (χ3n) is 5.69. The van der Waals surface area contributed by atoms with Crippen molar-refractivity contribution in [1.82, 2.24) is 9.97 Å². The summed E-state index contributed by atoms with van der Waals surface area (Å²) in [7, 11) is 1.59. The molecule has 0 aliphatic heterocycles. The van der Waals surface area contributed by atoms with Gasteiger partial charge in [0, 0.05) is 26.1 Å². The van der Waals surface area contributed by atoms with Gasteiger partial charge < -0.3 is 19.4 Å². The summed E-state index contributed by atoms with van der Waals surface area (Å²) in [5, 5.41) is 2.94. The summed E-state index contributed by atoms with van der Waals surface area (Å²) in [5.41, 5.74) is 3.67. The molecule has 1 heterocycles. The molecule has 0 atom stereocenters. The van der Waals surface area contributed by atoms with Gasteiger partial charge in [-0.1, -0.05) is 33.1 Å². The molecule has 1 saturated carbocycles. The number of nitrogens with zero attached hydrogens (tertiary/aromatic N) is 2. The maximum absolute atomic E-state index is 12.3. The van der Waals surface area contributed by atoms with Crippen LogP contribution in [0.5, 0.6) is 0 Å². The van der Waals surface area contributed by atoms with E-state index >= 15 is 0 Å². The molecule has 7 nitrogen and oxygen atoms in total. The number of fused-ring (bicyclic) bond motifs is 1. The summed E-state index contributed by atoms with van der Waals surface area (Å²) in [6.45, 7) is 6.79. The average molecular weight is 417 g/mol. The lowest BCUT2D eigenvalue weighted by atomic mass is 9.89. The Balaban J connectivity index is 1.92. The summed E-state index contributed by atoms with van der Waals surface area (Å²) in [4.78, 5) is 23.1. The van der Waals surface area contributed by atoms with Crippen molar-refractivity contribution in [3.8, 4) is 0 Å². The first-order chi connectivity index (χ1) is 14.7. The predicted molar refractivity (Wildman–Crippen MR) is 122 cm³/mol. The first kappa shape index (κ1) is 22.4. The van der Waals surface area contributed by atoms with E-state index in [1.807, 2.05) is 6.07 Å². The van der Waals surface area contributed by atoms with Gasteiger partial charge in [0.05, 0.1) is 29.0 Å². The summed E-state index contributed by atoms with van der Waals surface area (Å²) in [6.07, 6.45) is 7.86. The van der Waals surface area contributed by atoms with Crippen molar-refractivity contribution >= 4 is 28.5 Å². The molecule has 0 bridgehead atoms. The maximum Gasteiger partial charge on any atom is 0.411 e. The fourth-order valence-corrected chi connectivity index (χ4v) is 4.25. The molecule has 1 aromatic carbocycles. The normalized spacial score (nSPS) is 14.8. The first-order valence-corrected chi connectivity index (χ1v) is 11.4. The Morgan fingerprint density at radius 2 is 1.90 bits per heavy atom. The van der Waals surface area contributed by atoms with E-state index in [1.165, 1.54) is 32.1 Å². The number of amides is 1. The van der Waals surface area contributed by atoms with Crippen LogP contribution in [0.3, 0.4) is 0 Å². The van der Waals surface area contributed by atoms with Crippen molar-refractivity contribution < 1.29 is 14.3 Å². The van der Waals surface area contributed by atoms with Crippen LogP contribution in [0.1, 0.15) is 70.5 Å². The number of ether oxygens (including phenoxy) is 2. The lowest BCUT2D eigenvalue weighted by molar-refractivity contribution is 0.107. The number of hydrogen-bond acceptors (Lipinski definition) is 5. The predicted octanol–water partition coefficient (Wildman–Crippen LogP) is 5.43. The lowest BCUT2D eigenvalue weighted by Crippen LogP contribution is -2.27. The van der Waals surface area contributed by atoms with Gasteiger partial charge in [-0.05, 0) is 37.8 Å². The summed E-state index contributed by atoms with van der Waals surface area (Å²) < 4.78 is 10.2. The van der Waals surface area contributed by atoms with E-state index in [1.54, 1.807) is 7.11 Å². The van der Waals surface area contributed by atoms with Gasteiger partial charge in [0.1, 0.15) is 12.4 Å². The molecule has 7 heteroatoms. The molecule has 0 saturated heterocycles. The fourth-order valence-electron chi connectivity index (χ4n) is 4.25. The topological polar surface area (TPSA) is 79.5 Å². The zero-order valence-corrected chi connectivity index (χ0v) is 18.6. The van der Waals surface area contributed by atoms with Gasteiger partial charge in [-0.2, -0.15) is 0 Å². The van der Waals surface area contributed by atoms with Crippen molar-refractivity contribution in [3.63, 3.8) is 0 Å². The molecule has 166 valence electrons. The number of carbonyl (C=O) groups excluding carboxylic acids is 1. The van der Waals surface area contributed by atoms with Gasteiger partial charge in [-0.25, -0.2) is 9.78 Å². The molecular formula is C23H36N4O3. The molecule has 2 N–H and O–H groups in total. The maximum atomic E-state index is 12.3. The minimum Gasteiger partial charge on any atom is -0.447 e. The molecule has 2 aromatic rings. The van der Waals surface area contributed by atoms with Gasteiger partial charge in [-0.3, -0.25) is 5.32 Å². The summed E-state index contributed by atoms with van der Waals surface area (Å²) >= 11 is 0. The Morgan fingerprint density at radius 3 is 2.57 bits per heavy atom. The number of imidazole rings is 1. The van der Waals surface area contributed by atoms with E-state index in [0.29, 0.717) is 12.5 Å². The van der Waals surface area contributed by atoms with Gasteiger partial charge in [0.25, 0.3) is 0 Å². The van der Waals surface area contributed by atoms with E-state index in [-0.39, 0.29) is 6.61 Å². The van der Waals surface area contributed by atoms with Crippen molar-refractivity contribution in [2.75, 3.05) is 43.6 Å². The third kappa shape index (κ3) is 5.65. The average Bonchev–Trinajstić information content (AvgIpc) is 3.17. The van der Waals surface area contributed by atoms with Crippen molar-refractivity contribution in [3.05, 3.63) is 18.0 Å². The smallest absolute Gasteiger partial charge is 0.411 e. The molecule has 1 fully saturated rings. The number of aromatic amines is 1. The van der Waals surface area contributed by atoms with E-state index in [0.717, 1.165) is 54.2 Å². The largest absolute Gasteiger partial charge is 0.447 e. The lowest BCUT2D eigenvalue weighted by Gasteiger charge is -2.26. The molecule has 3 rings (SSSR count). The molecule has 0 unspecified atom stereocenters. The first-order valence-electron chi connectivity index (χ1n) is 11.4. The minimum atomic E-state index is -0.465. The Hall–Kier alpha value is -2.28. The highest BCUT2D eigenvalue weighted by Gasteiger charge is 2.21. The number of methoxy groups -OCH3 is 1. The van der Waals surface area contributed by atoms with Gasteiger partial charge in [0.2, 0.25) is 0 Å². The number of rotatable bonds is 10. The molecule has 1 aliphatic rings. The number of nitrogens with one attached hydrogen (secondary N) is 2. The van der Waals surface area contributed by atoms with Crippen molar-refractivity contribution in [2.24, 2.45) is 0 Å². The van der Waals surface area contributed by atoms with Crippen LogP contribution < -0.4 is 10.2 Å². The SMILES string of the molecule is CCCN(CCC)c1cc2nc(C3CCCCC3)[nH]c2cc1NC(=O)OCCOC. The summed E-state index contributed by atoms with van der Waals surface area (Å²) in [6, 6.07) is 4.11. The zero-order chi connectivity index (χ0) is 21.3. The quantitative estimate of drug-likeness (QED) is 0.505. The van der Waals surface area contributed by atoms with Gasteiger partial charge in [0.15, 0.2) is 0 Å². The Bertz CT molecular complexity index is 808. The molecule has 0 spiro atoms. The molecule has 1 amide bonds. The molecular weight excluding hydrogens is 380 g/mol. The zero-order valence-electron chi connectivity index (χ0n) is 18.6. The standard InChI is InChI=1S/C23H36N4O3/c1-4-11-27(12-5-2)21-16-19-18(15-20(21)26-23(28)30-14-13-29-3)24-22(25-19)17-9-7-6-8-10-17/h15-17H,4-14H2,1-3H3,(H,24,25)(H,26,28). The number of carbonyl (C=O) groups is 1. The number of benzene rings is 1. The molecule has 1 aliphatic carbocycles. The van der Waals surface area contributed by atoms with Crippen molar-refractivity contribution in [1.29, 1.82) is 0 Å². The van der Waals surface area contributed by atoms with Crippen molar-refractivity contribution in [2.45, 2.75) is 64.7 Å². The fraction of sp³-hybridized carbons (Fsp3) is 0.652. The van der Waals surface area contributed by atoms with E-state index in [9.17, 15) is 4.79 Å². The Labute approximate surface area is 179 Å². The molecule has 1 aromatic heterocycles. The van der Waals surface area contributed by atoms with Crippen LogP contribution in [0, 0.1) is 0 Å². The van der Waals surface area contributed by atoms with Crippen LogP contribution in [0.4, 0.5) is 16.2 Å². The molecule has 30 heavy (non-hydrogen) atoms. The Morgan fingerprint density at radius 1 is 1.17 bits per heavy atom. The number of aromatic nitrogens is 2. The third-order valence-corrected chi connectivity index (χ3v) is 5.69. The van der Waals surface area contributed by atoms with E-state index in [2.05, 4.69) is 35.1 Å². The monoisotopic (exact) mass is 416 g/mol. The van der Waals surface area contributed by atoms with Gasteiger partial charge in [-0.15, -0.1) is 0 Å². The van der Waals surface area contributed by atoms with Crippen LogP contribution >= 0.6 is 0 Å². The second kappa shape index (κ2) is 11.2. The van der Waals surface area contributed by atoms with Crippen LogP contribution in [-0.2, 0) is 9.47 Å². The van der Waals surface area contributed by atoms with Crippen LogP contribution in [0.25, 0.3) is 11.0 Å². The highest BCUT2D eigenvalue weighted by Crippen LogP contribution is 2.35. The number of H-pyrrole nitrogens is 1. The number of anilines is 2. The van der Waals surface area contributed by atoms with Crippen LogP contribution in [0.15, 0.2) is 12.1 Å². The van der Waals surface area contributed by atoms with E-state index < -0.39 is 6.09 Å². The second-order valence-corrected chi connectivity index (χ2v) is 8.08. The molecule has 0 radical (unpaired) electrons. The second-order valence-electron chi connectivity index (χ2n) is 8.08. The summed E-state index contributed by atoms with van der Waals surface area (Å²) in [5.74, 6) is 1.58. The highest BCUT2D eigenvalue weighted by molar-refractivity contribution is 5.95. The van der Waals surface area contributed by atoms with Crippen LogP contribution in [-0.4, -0.2) is 49.5 Å². The Kier molecular flexibility index (Phi) is 8.37.